The molecule has 1 aromatic carbocycles. The molecule has 1 aromatic rings. The summed E-state index contributed by atoms with van der Waals surface area (Å²) in [7, 11) is 0. The Hall–Kier alpha value is -1.82. The van der Waals surface area contributed by atoms with Gasteiger partial charge < -0.3 is 20.5 Å². The van der Waals surface area contributed by atoms with Gasteiger partial charge in [0.15, 0.2) is 11.6 Å². The Morgan fingerprint density at radius 3 is 2.67 bits per heavy atom. The van der Waals surface area contributed by atoms with Crippen LogP contribution in [-0.4, -0.2) is 29.4 Å². The third kappa shape index (κ3) is 6.94. The molecule has 0 saturated carbocycles. The van der Waals surface area contributed by atoms with Gasteiger partial charge in [-0.05, 0) is 45.4 Å². The fourth-order valence-corrected chi connectivity index (χ4v) is 1.58. The van der Waals surface area contributed by atoms with Crippen LogP contribution in [0.2, 0.25) is 0 Å². The van der Waals surface area contributed by atoms with E-state index in [0.29, 0.717) is 13.1 Å². The van der Waals surface area contributed by atoms with Gasteiger partial charge in [0.25, 0.3) is 0 Å². The number of phenols is 1. The molecule has 1 rings (SSSR count). The van der Waals surface area contributed by atoms with Gasteiger partial charge in [0.2, 0.25) is 0 Å². The maximum absolute atomic E-state index is 13.2. The molecule has 3 N–H and O–H groups in total. The van der Waals surface area contributed by atoms with Crippen LogP contribution in [0.15, 0.2) is 18.2 Å². The largest absolute Gasteiger partial charge is 0.505 e. The molecule has 0 aromatic heterocycles. The number of amides is 1. The molecule has 0 saturated heterocycles. The number of ether oxygens (including phenoxy) is 1. The molecule has 0 heterocycles. The quantitative estimate of drug-likeness (QED) is 0.781. The smallest absolute Gasteiger partial charge is 0.407 e. The predicted octanol–water partition coefficient (Wildman–Crippen LogP) is 2.53. The molecule has 0 aliphatic rings. The average Bonchev–Trinajstić information content (AvgIpc) is 2.36. The Kier molecular flexibility index (Phi) is 5.96. The van der Waals surface area contributed by atoms with Crippen LogP contribution in [0.4, 0.5) is 9.18 Å². The maximum atomic E-state index is 13.2. The summed E-state index contributed by atoms with van der Waals surface area (Å²) in [6.07, 6.45) is -0.466. The molecule has 118 valence electrons. The van der Waals surface area contributed by atoms with Gasteiger partial charge in [-0.1, -0.05) is 6.07 Å². The number of alkyl carbamates (subject to hydrolysis) is 1. The van der Waals surface area contributed by atoms with Crippen LogP contribution < -0.4 is 10.6 Å². The Bertz CT molecular complexity index is 486. The number of carbonyl (C=O) groups excluding carboxylic acids is 1. The lowest BCUT2D eigenvalue weighted by atomic mass is 10.2. The molecule has 0 aliphatic heterocycles. The zero-order valence-corrected chi connectivity index (χ0v) is 12.9. The van der Waals surface area contributed by atoms with E-state index in [0.717, 1.165) is 5.56 Å². The van der Waals surface area contributed by atoms with Crippen LogP contribution in [0.3, 0.4) is 0 Å². The minimum Gasteiger partial charge on any atom is -0.505 e. The van der Waals surface area contributed by atoms with Crippen molar-refractivity contribution in [3.8, 4) is 5.75 Å². The summed E-state index contributed by atoms with van der Waals surface area (Å²) in [6.45, 7) is 8.13. The maximum Gasteiger partial charge on any atom is 0.407 e. The number of hydrogen-bond donors (Lipinski definition) is 3. The molecule has 5 nitrogen and oxygen atoms in total. The van der Waals surface area contributed by atoms with Crippen molar-refractivity contribution in [2.45, 2.75) is 45.9 Å². The second kappa shape index (κ2) is 7.26. The fourth-order valence-electron chi connectivity index (χ4n) is 1.58. The third-order valence-electron chi connectivity index (χ3n) is 2.62. The summed E-state index contributed by atoms with van der Waals surface area (Å²) < 4.78 is 18.3. The number of aromatic hydroxyl groups is 1. The van der Waals surface area contributed by atoms with Crippen LogP contribution >= 0.6 is 0 Å². The molecule has 0 bridgehead atoms. The van der Waals surface area contributed by atoms with Gasteiger partial charge >= 0.3 is 6.09 Å². The van der Waals surface area contributed by atoms with Crippen LogP contribution in [-0.2, 0) is 11.3 Å². The molecule has 21 heavy (non-hydrogen) atoms. The molecule has 1 unspecified atom stereocenters. The summed E-state index contributed by atoms with van der Waals surface area (Å²) in [5.74, 6) is -1.01. The number of nitrogens with one attached hydrogen (secondary N) is 2. The number of carbonyl (C=O) groups is 1. The van der Waals surface area contributed by atoms with Gasteiger partial charge in [-0.25, -0.2) is 9.18 Å². The molecule has 0 aliphatic carbocycles. The summed E-state index contributed by atoms with van der Waals surface area (Å²) in [5, 5.41) is 14.9. The summed E-state index contributed by atoms with van der Waals surface area (Å²) >= 11 is 0. The van der Waals surface area contributed by atoms with Gasteiger partial charge in [0.05, 0.1) is 0 Å². The fraction of sp³-hybridized carbons (Fsp3) is 0.533. The van der Waals surface area contributed by atoms with Crippen molar-refractivity contribution in [3.63, 3.8) is 0 Å². The van der Waals surface area contributed by atoms with Crippen molar-refractivity contribution in [1.82, 2.24) is 10.6 Å². The highest BCUT2D eigenvalue weighted by atomic mass is 19.1. The van der Waals surface area contributed by atoms with Crippen LogP contribution in [0, 0.1) is 5.82 Å². The van der Waals surface area contributed by atoms with E-state index in [1.165, 1.54) is 12.1 Å². The third-order valence-corrected chi connectivity index (χ3v) is 2.62. The van der Waals surface area contributed by atoms with Gasteiger partial charge in [0.1, 0.15) is 5.60 Å². The molecule has 0 fully saturated rings. The molecular formula is C15H23FN2O3. The first-order chi connectivity index (χ1) is 9.67. The van der Waals surface area contributed by atoms with Crippen molar-refractivity contribution in [2.24, 2.45) is 0 Å². The Balaban J connectivity index is 2.32. The number of hydrogen-bond acceptors (Lipinski definition) is 4. The highest BCUT2D eigenvalue weighted by Crippen LogP contribution is 2.15. The summed E-state index contributed by atoms with van der Waals surface area (Å²) in [6, 6.07) is 4.22. The number of rotatable bonds is 5. The SMILES string of the molecule is CC(CNC(=O)OC(C)(C)C)NCc1ccc(O)c(F)c1. The van der Waals surface area contributed by atoms with E-state index in [4.69, 9.17) is 9.84 Å². The van der Waals surface area contributed by atoms with Gasteiger partial charge in [-0.15, -0.1) is 0 Å². The number of benzene rings is 1. The molecular weight excluding hydrogens is 275 g/mol. The lowest BCUT2D eigenvalue weighted by molar-refractivity contribution is 0.0523. The van der Waals surface area contributed by atoms with Gasteiger partial charge in [-0.2, -0.15) is 0 Å². The summed E-state index contributed by atoms with van der Waals surface area (Å²) in [5.41, 5.74) is 0.194. The van der Waals surface area contributed by atoms with E-state index in [9.17, 15) is 9.18 Å². The van der Waals surface area contributed by atoms with Crippen molar-refractivity contribution >= 4 is 6.09 Å². The second-order valence-electron chi connectivity index (χ2n) is 5.95. The first-order valence-electron chi connectivity index (χ1n) is 6.85. The van der Waals surface area contributed by atoms with Crippen molar-refractivity contribution in [1.29, 1.82) is 0 Å². The Labute approximate surface area is 124 Å². The number of phenolic OH excluding ortho intramolecular Hbond substituents is 1. The van der Waals surface area contributed by atoms with E-state index >= 15 is 0 Å². The molecule has 1 atom stereocenters. The molecule has 1 amide bonds. The Morgan fingerprint density at radius 1 is 1.43 bits per heavy atom. The van der Waals surface area contributed by atoms with E-state index in [2.05, 4.69) is 10.6 Å². The Morgan fingerprint density at radius 2 is 2.10 bits per heavy atom. The van der Waals surface area contributed by atoms with E-state index in [1.807, 2.05) is 6.92 Å². The highest BCUT2D eigenvalue weighted by Gasteiger charge is 2.16. The second-order valence-corrected chi connectivity index (χ2v) is 5.95. The normalized spacial score (nSPS) is 12.8. The van der Waals surface area contributed by atoms with Gasteiger partial charge in [0, 0.05) is 19.1 Å². The first kappa shape index (κ1) is 17.2. The van der Waals surface area contributed by atoms with E-state index in [-0.39, 0.29) is 11.8 Å². The predicted molar refractivity (Wildman–Crippen MR) is 78.6 cm³/mol. The standard InChI is InChI=1S/C15H23FN2O3/c1-10(8-18-14(20)21-15(2,3)4)17-9-11-5-6-13(19)12(16)7-11/h5-7,10,17,19H,8-9H2,1-4H3,(H,18,20). The van der Waals surface area contributed by atoms with E-state index < -0.39 is 17.5 Å². The van der Waals surface area contributed by atoms with Crippen LogP contribution in [0.25, 0.3) is 0 Å². The zero-order chi connectivity index (χ0) is 16.0. The topological polar surface area (TPSA) is 70.6 Å². The number of halogens is 1. The van der Waals surface area contributed by atoms with Gasteiger partial charge in [-0.3, -0.25) is 0 Å². The van der Waals surface area contributed by atoms with Crippen molar-refractivity contribution in [3.05, 3.63) is 29.6 Å². The van der Waals surface area contributed by atoms with E-state index in [1.54, 1.807) is 26.8 Å². The van der Waals surface area contributed by atoms with Crippen LogP contribution in [0.5, 0.6) is 5.75 Å². The monoisotopic (exact) mass is 298 g/mol. The lowest BCUT2D eigenvalue weighted by Gasteiger charge is -2.21. The van der Waals surface area contributed by atoms with Crippen LogP contribution in [0.1, 0.15) is 33.3 Å². The lowest BCUT2D eigenvalue weighted by Crippen LogP contribution is -2.41. The van der Waals surface area contributed by atoms with Crippen molar-refractivity contribution < 1.29 is 19.0 Å². The zero-order valence-electron chi connectivity index (χ0n) is 12.9. The van der Waals surface area contributed by atoms with Crippen molar-refractivity contribution in [2.75, 3.05) is 6.54 Å². The highest BCUT2D eigenvalue weighted by molar-refractivity contribution is 5.67. The minimum absolute atomic E-state index is 0.00520. The molecule has 0 radical (unpaired) electrons. The average molecular weight is 298 g/mol. The summed E-state index contributed by atoms with van der Waals surface area (Å²) in [4.78, 5) is 11.5. The molecule has 0 spiro atoms. The molecule has 6 heteroatoms. The minimum atomic E-state index is -0.645. The first-order valence-corrected chi connectivity index (χ1v) is 6.85.